The van der Waals surface area contributed by atoms with E-state index in [-0.39, 0.29) is 36.2 Å². The third-order valence-corrected chi connectivity index (χ3v) is 5.72. The van der Waals surface area contributed by atoms with Crippen molar-refractivity contribution in [1.29, 1.82) is 0 Å². The molecule has 2 heterocycles. The van der Waals surface area contributed by atoms with Crippen molar-refractivity contribution in [2.45, 2.75) is 19.1 Å². The Kier molecular flexibility index (Phi) is 6.35. The number of amides is 1. The van der Waals surface area contributed by atoms with Crippen molar-refractivity contribution >= 4 is 34.2 Å². The highest BCUT2D eigenvalue weighted by atomic mass is 35.5. The number of aromatic amines is 1. The summed E-state index contributed by atoms with van der Waals surface area (Å²) in [5, 5.41) is 10.2. The summed E-state index contributed by atoms with van der Waals surface area (Å²) in [7, 11) is 0. The van der Waals surface area contributed by atoms with E-state index in [9.17, 15) is 18.8 Å². The molecule has 0 aliphatic carbocycles. The zero-order valence-electron chi connectivity index (χ0n) is 17.5. The zero-order valence-corrected chi connectivity index (χ0v) is 18.3. The number of morpholine rings is 1. The number of fused-ring (bicyclic) bond motifs is 1. The van der Waals surface area contributed by atoms with Gasteiger partial charge in [-0.2, -0.15) is 0 Å². The number of halogens is 2. The summed E-state index contributed by atoms with van der Waals surface area (Å²) < 4.78 is 24.4. The number of carbonyl (C=O) groups is 2. The largest absolute Gasteiger partial charge is 0.481 e. The number of H-pyrrole nitrogens is 1. The van der Waals surface area contributed by atoms with E-state index in [2.05, 4.69) is 4.98 Å². The van der Waals surface area contributed by atoms with Crippen LogP contribution < -0.4 is 10.3 Å². The first-order valence-corrected chi connectivity index (χ1v) is 10.5. The summed E-state index contributed by atoms with van der Waals surface area (Å²) in [4.78, 5) is 40.4. The number of aliphatic carboxylic acids is 1. The van der Waals surface area contributed by atoms with E-state index in [1.54, 1.807) is 19.1 Å². The summed E-state index contributed by atoms with van der Waals surface area (Å²) in [6.45, 7) is 1.86. The van der Waals surface area contributed by atoms with Crippen molar-refractivity contribution in [3.63, 3.8) is 0 Å². The molecule has 1 saturated heterocycles. The number of nitrogens with zero attached hydrogens (tertiary/aromatic N) is 1. The monoisotopic (exact) mass is 474 g/mol. The number of carboxylic acids is 1. The molecule has 1 amide bonds. The molecule has 0 bridgehead atoms. The molecule has 1 fully saturated rings. The minimum Gasteiger partial charge on any atom is -0.481 e. The number of benzene rings is 2. The third kappa shape index (κ3) is 4.69. The Morgan fingerprint density at radius 3 is 2.76 bits per heavy atom. The first-order chi connectivity index (χ1) is 15.7. The standard InChI is InChI=1S/C23H20ClFN2O6/c1-12(22(29)27-6-7-32-20(11-27)23(30)31)33-14-3-5-15-17(9-14)21(28)26-10-18(15)16-4-2-13(25)8-19(16)24/h2-5,8-10,12,20H,6-7,11H2,1H3,(H,26,28)(H,30,31)/t12-,20-/m1/s1. The highest BCUT2D eigenvalue weighted by Gasteiger charge is 2.31. The maximum atomic E-state index is 13.5. The van der Waals surface area contributed by atoms with Gasteiger partial charge in [0.05, 0.1) is 23.6 Å². The van der Waals surface area contributed by atoms with Crippen molar-refractivity contribution in [3.8, 4) is 16.9 Å². The molecule has 0 saturated carbocycles. The quantitative estimate of drug-likeness (QED) is 0.588. The van der Waals surface area contributed by atoms with Crippen LogP contribution in [0.2, 0.25) is 5.02 Å². The van der Waals surface area contributed by atoms with Crippen LogP contribution in [0.5, 0.6) is 5.75 Å². The van der Waals surface area contributed by atoms with Crippen LogP contribution in [0.4, 0.5) is 4.39 Å². The van der Waals surface area contributed by atoms with Crippen molar-refractivity contribution < 1.29 is 28.6 Å². The van der Waals surface area contributed by atoms with Crippen LogP contribution >= 0.6 is 11.6 Å². The number of ether oxygens (including phenoxy) is 2. The zero-order chi connectivity index (χ0) is 23.7. The average molecular weight is 475 g/mol. The van der Waals surface area contributed by atoms with Crippen LogP contribution in [0.1, 0.15) is 6.92 Å². The minimum absolute atomic E-state index is 0.0684. The summed E-state index contributed by atoms with van der Waals surface area (Å²) in [6.07, 6.45) is -0.483. The van der Waals surface area contributed by atoms with Gasteiger partial charge in [-0.25, -0.2) is 9.18 Å². The Morgan fingerprint density at radius 2 is 2.03 bits per heavy atom. The molecule has 10 heteroatoms. The van der Waals surface area contributed by atoms with Gasteiger partial charge in [-0.05, 0) is 48.7 Å². The fourth-order valence-electron chi connectivity index (χ4n) is 3.75. The Bertz CT molecular complexity index is 1290. The molecule has 0 radical (unpaired) electrons. The van der Waals surface area contributed by atoms with Crippen molar-refractivity contribution in [1.82, 2.24) is 9.88 Å². The first kappa shape index (κ1) is 22.8. The second kappa shape index (κ2) is 9.21. The molecule has 33 heavy (non-hydrogen) atoms. The Hall–Kier alpha value is -3.43. The second-order valence-electron chi connectivity index (χ2n) is 7.61. The van der Waals surface area contributed by atoms with Gasteiger partial charge >= 0.3 is 5.97 Å². The maximum absolute atomic E-state index is 13.5. The van der Waals surface area contributed by atoms with Gasteiger partial charge in [0.15, 0.2) is 12.2 Å². The van der Waals surface area contributed by atoms with E-state index in [4.69, 9.17) is 26.2 Å². The number of nitrogens with one attached hydrogen (secondary N) is 1. The van der Waals surface area contributed by atoms with Gasteiger partial charge in [-0.3, -0.25) is 9.59 Å². The van der Waals surface area contributed by atoms with Crippen LogP contribution in [-0.2, 0) is 14.3 Å². The average Bonchev–Trinajstić information content (AvgIpc) is 2.79. The van der Waals surface area contributed by atoms with E-state index in [0.717, 1.165) is 0 Å². The molecule has 8 nitrogen and oxygen atoms in total. The smallest absolute Gasteiger partial charge is 0.334 e. The fraction of sp³-hybridized carbons (Fsp3) is 0.261. The van der Waals surface area contributed by atoms with Crippen molar-refractivity contribution in [3.05, 3.63) is 63.8 Å². The molecule has 2 N–H and O–H groups in total. The molecule has 1 aliphatic heterocycles. The number of hydrogen-bond acceptors (Lipinski definition) is 5. The van der Waals surface area contributed by atoms with Gasteiger partial charge in [-0.15, -0.1) is 0 Å². The van der Waals surface area contributed by atoms with E-state index in [0.29, 0.717) is 27.6 Å². The van der Waals surface area contributed by atoms with Gasteiger partial charge < -0.3 is 24.5 Å². The van der Waals surface area contributed by atoms with Gasteiger partial charge in [-0.1, -0.05) is 11.6 Å². The van der Waals surface area contributed by atoms with Crippen molar-refractivity contribution in [2.75, 3.05) is 19.7 Å². The van der Waals surface area contributed by atoms with Gasteiger partial charge in [0.2, 0.25) is 0 Å². The number of carboxylic acid groups (broad SMARTS) is 1. The molecule has 3 aromatic rings. The molecule has 0 unspecified atom stereocenters. The van der Waals surface area contributed by atoms with E-state index >= 15 is 0 Å². The summed E-state index contributed by atoms with van der Waals surface area (Å²) in [6, 6.07) is 8.80. The Labute approximate surface area is 192 Å². The van der Waals surface area contributed by atoms with E-state index in [1.807, 2.05) is 0 Å². The molecule has 2 atom stereocenters. The van der Waals surface area contributed by atoms with Crippen LogP contribution in [-0.4, -0.2) is 58.8 Å². The van der Waals surface area contributed by atoms with E-state index in [1.165, 1.54) is 35.4 Å². The highest BCUT2D eigenvalue weighted by Crippen LogP contribution is 2.33. The van der Waals surface area contributed by atoms with Crippen LogP contribution in [0.15, 0.2) is 47.4 Å². The van der Waals surface area contributed by atoms with Crippen molar-refractivity contribution in [2.24, 2.45) is 0 Å². The third-order valence-electron chi connectivity index (χ3n) is 5.41. The lowest BCUT2D eigenvalue weighted by Gasteiger charge is -2.32. The lowest BCUT2D eigenvalue weighted by molar-refractivity contribution is -0.161. The van der Waals surface area contributed by atoms with Gasteiger partial charge in [0.1, 0.15) is 11.6 Å². The highest BCUT2D eigenvalue weighted by molar-refractivity contribution is 6.33. The Morgan fingerprint density at radius 1 is 1.24 bits per heavy atom. The molecule has 0 spiro atoms. The number of pyridine rings is 1. The predicted molar refractivity (Wildman–Crippen MR) is 119 cm³/mol. The number of rotatable bonds is 5. The van der Waals surface area contributed by atoms with Gasteiger partial charge in [0.25, 0.3) is 11.5 Å². The minimum atomic E-state index is -1.13. The number of carbonyl (C=O) groups excluding carboxylic acids is 1. The molecular formula is C23H20ClFN2O6. The Balaban J connectivity index is 1.59. The summed E-state index contributed by atoms with van der Waals surface area (Å²) in [5.74, 6) is -1.70. The number of hydrogen-bond donors (Lipinski definition) is 2. The fourth-order valence-corrected chi connectivity index (χ4v) is 4.02. The maximum Gasteiger partial charge on any atom is 0.334 e. The normalized spacial score (nSPS) is 17.1. The molecule has 2 aromatic carbocycles. The van der Waals surface area contributed by atoms with E-state index < -0.39 is 24.0 Å². The molecule has 1 aliphatic rings. The molecule has 4 rings (SSSR count). The first-order valence-electron chi connectivity index (χ1n) is 10.2. The molecular weight excluding hydrogens is 455 g/mol. The summed E-state index contributed by atoms with van der Waals surface area (Å²) >= 11 is 6.20. The molecule has 1 aromatic heterocycles. The lowest BCUT2D eigenvalue weighted by Crippen LogP contribution is -2.51. The second-order valence-corrected chi connectivity index (χ2v) is 8.01. The lowest BCUT2D eigenvalue weighted by atomic mass is 10.0. The summed E-state index contributed by atoms with van der Waals surface area (Å²) in [5.41, 5.74) is 0.795. The van der Waals surface area contributed by atoms with Crippen LogP contribution in [0.25, 0.3) is 21.9 Å². The topological polar surface area (TPSA) is 109 Å². The van der Waals surface area contributed by atoms with Crippen LogP contribution in [0.3, 0.4) is 0 Å². The predicted octanol–water partition coefficient (Wildman–Crippen LogP) is 3.07. The SMILES string of the molecule is C[C@@H](Oc1ccc2c(-c3ccc(F)cc3Cl)c[nH]c(=O)c2c1)C(=O)N1CCO[C@@H](C(=O)O)C1. The van der Waals surface area contributed by atoms with Crippen LogP contribution in [0, 0.1) is 5.82 Å². The molecule has 172 valence electrons. The van der Waals surface area contributed by atoms with Gasteiger partial charge in [0, 0.05) is 23.9 Å². The number of aromatic nitrogens is 1.